The molecule has 3 aromatic carbocycles. The van der Waals surface area contributed by atoms with Crippen LogP contribution in [0.15, 0.2) is 78.9 Å². The van der Waals surface area contributed by atoms with Crippen molar-refractivity contribution in [3.63, 3.8) is 0 Å². The van der Waals surface area contributed by atoms with Crippen LogP contribution < -0.4 is 10.6 Å². The fourth-order valence-electron chi connectivity index (χ4n) is 3.42. The van der Waals surface area contributed by atoms with Crippen LogP contribution in [-0.4, -0.2) is 34.1 Å². The van der Waals surface area contributed by atoms with Gasteiger partial charge < -0.3 is 20.8 Å². The number of halogens is 1. The molecule has 2 atom stereocenters. The van der Waals surface area contributed by atoms with E-state index in [-0.39, 0.29) is 12.0 Å². The molecule has 0 aliphatic rings. The lowest BCUT2D eigenvalue weighted by Gasteiger charge is -2.22. The van der Waals surface area contributed by atoms with Crippen molar-refractivity contribution in [1.82, 2.24) is 5.32 Å². The summed E-state index contributed by atoms with van der Waals surface area (Å²) in [6.45, 7) is 0.468. The van der Waals surface area contributed by atoms with Gasteiger partial charge in [-0.05, 0) is 58.3 Å². The maximum absolute atomic E-state index is 13.1. The highest BCUT2D eigenvalue weighted by Gasteiger charge is 2.35. The molecule has 0 bridgehead atoms. The van der Waals surface area contributed by atoms with E-state index in [0.717, 1.165) is 9.13 Å². The maximum Gasteiger partial charge on any atom is 0.327 e. The molecule has 0 saturated carbocycles. The summed E-state index contributed by atoms with van der Waals surface area (Å²) in [6, 6.07) is 22.0. The van der Waals surface area contributed by atoms with Crippen LogP contribution in [0.1, 0.15) is 21.5 Å². The highest BCUT2D eigenvalue weighted by Crippen LogP contribution is 2.21. The van der Waals surface area contributed by atoms with Crippen molar-refractivity contribution in [2.75, 3.05) is 5.32 Å². The van der Waals surface area contributed by atoms with Crippen molar-refractivity contribution in [1.29, 1.82) is 0 Å². The number of carboxylic acid groups (broad SMARTS) is 2. The van der Waals surface area contributed by atoms with Crippen LogP contribution in [0.3, 0.4) is 0 Å². The molecule has 170 valence electrons. The van der Waals surface area contributed by atoms with E-state index in [9.17, 15) is 24.6 Å². The molecule has 0 fully saturated rings. The summed E-state index contributed by atoms with van der Waals surface area (Å²) in [6.07, 6.45) is -0.0289. The largest absolute Gasteiger partial charge is 0.481 e. The Morgan fingerprint density at radius 1 is 0.818 bits per heavy atom. The van der Waals surface area contributed by atoms with Crippen LogP contribution in [0.5, 0.6) is 0 Å². The Morgan fingerprint density at radius 2 is 1.42 bits per heavy atom. The van der Waals surface area contributed by atoms with E-state index in [0.29, 0.717) is 17.8 Å². The Labute approximate surface area is 205 Å². The summed E-state index contributed by atoms with van der Waals surface area (Å²) in [7, 11) is 0. The van der Waals surface area contributed by atoms with Crippen LogP contribution in [0, 0.1) is 9.49 Å². The number of rotatable bonds is 10. The second kappa shape index (κ2) is 11.5. The van der Waals surface area contributed by atoms with Crippen molar-refractivity contribution in [2.24, 2.45) is 5.92 Å². The third-order valence-corrected chi connectivity index (χ3v) is 5.79. The molecule has 0 spiro atoms. The summed E-state index contributed by atoms with van der Waals surface area (Å²) in [4.78, 5) is 37.0. The van der Waals surface area contributed by atoms with Gasteiger partial charge in [-0.25, -0.2) is 4.79 Å². The molecular formula is C25H23IN2O5. The number of benzene rings is 3. The first-order chi connectivity index (χ1) is 15.8. The highest BCUT2D eigenvalue weighted by atomic mass is 127. The van der Waals surface area contributed by atoms with E-state index in [1.165, 1.54) is 0 Å². The van der Waals surface area contributed by atoms with Crippen molar-refractivity contribution < 1.29 is 24.6 Å². The number of carbonyl (C=O) groups is 3. The highest BCUT2D eigenvalue weighted by molar-refractivity contribution is 14.1. The molecule has 3 rings (SSSR count). The molecular weight excluding hydrogens is 535 g/mol. The summed E-state index contributed by atoms with van der Waals surface area (Å²) < 4.78 is 0.786. The zero-order chi connectivity index (χ0) is 23.8. The minimum Gasteiger partial charge on any atom is -0.481 e. The number of aliphatic carboxylic acids is 2. The van der Waals surface area contributed by atoms with Gasteiger partial charge in [0.15, 0.2) is 0 Å². The zero-order valence-corrected chi connectivity index (χ0v) is 19.7. The third kappa shape index (κ3) is 6.79. The number of anilines is 1. The molecule has 0 aliphatic heterocycles. The molecule has 0 aliphatic carbocycles. The second-order valence-corrected chi connectivity index (χ2v) is 8.70. The standard InChI is InChI=1S/C25H23IN2O5/c26-18-11-12-21(27-15-17-9-5-2-6-10-17)19(14-18)23(29)28-22(25(32)33)20(24(30)31)13-16-7-3-1-4-8-16/h1-12,14,20,22,27H,13,15H2,(H,28,29)(H,30,31)(H,32,33)/t20?,22-/m0/s1. The van der Waals surface area contributed by atoms with E-state index in [2.05, 4.69) is 33.2 Å². The molecule has 1 unspecified atom stereocenters. The van der Waals surface area contributed by atoms with Gasteiger partial charge in [0.25, 0.3) is 5.91 Å². The van der Waals surface area contributed by atoms with E-state index in [4.69, 9.17) is 0 Å². The van der Waals surface area contributed by atoms with Gasteiger partial charge in [0, 0.05) is 15.8 Å². The van der Waals surface area contributed by atoms with Gasteiger partial charge in [0.05, 0.1) is 11.5 Å². The van der Waals surface area contributed by atoms with Crippen molar-refractivity contribution >= 4 is 46.1 Å². The van der Waals surface area contributed by atoms with Crippen LogP contribution >= 0.6 is 22.6 Å². The van der Waals surface area contributed by atoms with Crippen LogP contribution in [0.2, 0.25) is 0 Å². The summed E-state index contributed by atoms with van der Waals surface area (Å²) >= 11 is 2.06. The van der Waals surface area contributed by atoms with Crippen molar-refractivity contribution in [3.05, 3.63) is 99.1 Å². The quantitative estimate of drug-likeness (QED) is 0.280. The molecule has 0 radical (unpaired) electrons. The molecule has 4 N–H and O–H groups in total. The molecule has 0 heterocycles. The van der Waals surface area contributed by atoms with Crippen LogP contribution in [0.4, 0.5) is 5.69 Å². The second-order valence-electron chi connectivity index (χ2n) is 7.45. The SMILES string of the molecule is O=C(N[C@H](C(=O)O)C(Cc1ccccc1)C(=O)O)c1cc(I)ccc1NCc1ccccc1. The number of carbonyl (C=O) groups excluding carboxylic acids is 1. The van der Waals surface area contributed by atoms with Crippen LogP contribution in [0.25, 0.3) is 0 Å². The smallest absolute Gasteiger partial charge is 0.327 e. The lowest BCUT2D eigenvalue weighted by molar-refractivity contribution is -0.150. The van der Waals surface area contributed by atoms with Gasteiger partial charge in [-0.3, -0.25) is 9.59 Å². The third-order valence-electron chi connectivity index (χ3n) is 5.12. The van der Waals surface area contributed by atoms with Crippen molar-refractivity contribution in [2.45, 2.75) is 19.0 Å². The minimum absolute atomic E-state index is 0.0289. The number of hydrogen-bond acceptors (Lipinski definition) is 4. The first-order valence-corrected chi connectivity index (χ1v) is 11.3. The monoisotopic (exact) mass is 558 g/mol. The fraction of sp³-hybridized carbons (Fsp3) is 0.160. The van der Waals surface area contributed by atoms with Crippen molar-refractivity contribution in [3.8, 4) is 0 Å². The fourth-order valence-corrected chi connectivity index (χ4v) is 3.91. The van der Waals surface area contributed by atoms with Gasteiger partial charge in [0.1, 0.15) is 6.04 Å². The predicted octanol–water partition coefficient (Wildman–Crippen LogP) is 4.03. The lowest BCUT2D eigenvalue weighted by Crippen LogP contribution is -2.49. The van der Waals surface area contributed by atoms with Gasteiger partial charge in [-0.1, -0.05) is 60.7 Å². The van der Waals surface area contributed by atoms with Gasteiger partial charge in [-0.2, -0.15) is 0 Å². The van der Waals surface area contributed by atoms with E-state index < -0.39 is 29.8 Å². The van der Waals surface area contributed by atoms with E-state index in [1.54, 1.807) is 42.5 Å². The number of nitrogens with one attached hydrogen (secondary N) is 2. The summed E-state index contributed by atoms with van der Waals surface area (Å²) in [5, 5.41) is 25.1. The average Bonchev–Trinajstić information content (AvgIpc) is 2.81. The number of carboxylic acids is 2. The lowest BCUT2D eigenvalue weighted by atomic mass is 9.91. The first kappa shape index (κ1) is 24.2. The first-order valence-electron chi connectivity index (χ1n) is 10.2. The Hall–Kier alpha value is -3.40. The van der Waals surface area contributed by atoms with Gasteiger partial charge in [0.2, 0.25) is 0 Å². The maximum atomic E-state index is 13.1. The topological polar surface area (TPSA) is 116 Å². The van der Waals surface area contributed by atoms with Gasteiger partial charge >= 0.3 is 11.9 Å². The zero-order valence-electron chi connectivity index (χ0n) is 17.6. The normalized spacial score (nSPS) is 12.4. The molecule has 0 aromatic heterocycles. The average molecular weight is 558 g/mol. The number of hydrogen-bond donors (Lipinski definition) is 4. The molecule has 33 heavy (non-hydrogen) atoms. The van der Waals surface area contributed by atoms with Crippen LogP contribution in [-0.2, 0) is 22.6 Å². The predicted molar refractivity (Wildman–Crippen MR) is 133 cm³/mol. The van der Waals surface area contributed by atoms with Gasteiger partial charge in [-0.15, -0.1) is 0 Å². The minimum atomic E-state index is -1.60. The Kier molecular flexibility index (Phi) is 8.42. The summed E-state index contributed by atoms with van der Waals surface area (Å²) in [5.74, 6) is -4.69. The summed E-state index contributed by atoms with van der Waals surface area (Å²) in [5.41, 5.74) is 2.45. The number of amides is 1. The molecule has 7 nitrogen and oxygen atoms in total. The Bertz CT molecular complexity index is 1120. The molecule has 0 saturated heterocycles. The molecule has 3 aromatic rings. The molecule has 8 heteroatoms. The Balaban J connectivity index is 1.82. The van der Waals surface area contributed by atoms with E-state index in [1.807, 2.05) is 36.4 Å². The molecule has 1 amide bonds. The van der Waals surface area contributed by atoms with E-state index >= 15 is 0 Å². The Morgan fingerprint density at radius 3 is 2.00 bits per heavy atom.